The Morgan fingerprint density at radius 3 is 2.52 bits per heavy atom. The normalized spacial score (nSPS) is 12.1. The molecule has 21 heavy (non-hydrogen) atoms. The highest BCUT2D eigenvalue weighted by Crippen LogP contribution is 2.13. The predicted molar refractivity (Wildman–Crippen MR) is 84.0 cm³/mol. The van der Waals surface area contributed by atoms with E-state index in [2.05, 4.69) is 24.4 Å². The van der Waals surface area contributed by atoms with Crippen molar-refractivity contribution in [3.05, 3.63) is 65.5 Å². The van der Waals surface area contributed by atoms with Crippen molar-refractivity contribution in [3.8, 4) is 5.75 Å². The molecule has 0 aromatic heterocycles. The van der Waals surface area contributed by atoms with Crippen LogP contribution >= 0.6 is 0 Å². The van der Waals surface area contributed by atoms with E-state index in [0.717, 1.165) is 24.2 Å². The molecule has 0 amide bonds. The minimum Gasteiger partial charge on any atom is -0.497 e. The Morgan fingerprint density at radius 2 is 1.86 bits per heavy atom. The summed E-state index contributed by atoms with van der Waals surface area (Å²) in [6.45, 7) is 2.85. The van der Waals surface area contributed by atoms with Crippen molar-refractivity contribution in [3.63, 3.8) is 0 Å². The van der Waals surface area contributed by atoms with Crippen LogP contribution in [-0.4, -0.2) is 13.2 Å². The van der Waals surface area contributed by atoms with E-state index in [-0.39, 0.29) is 5.82 Å². The zero-order valence-corrected chi connectivity index (χ0v) is 12.6. The Hall–Kier alpha value is -1.87. The SMILES string of the molecule is COc1ccc(CC[C@H](C)NCc2cccc(F)c2)cc1. The first-order chi connectivity index (χ1) is 10.2. The molecule has 3 heteroatoms. The minimum atomic E-state index is -0.180. The maximum absolute atomic E-state index is 13.1. The van der Waals surface area contributed by atoms with Crippen LogP contribution in [0.3, 0.4) is 0 Å². The molecule has 0 aliphatic carbocycles. The monoisotopic (exact) mass is 287 g/mol. The molecule has 0 bridgehead atoms. The van der Waals surface area contributed by atoms with Gasteiger partial charge in [-0.25, -0.2) is 4.39 Å². The van der Waals surface area contributed by atoms with E-state index in [9.17, 15) is 4.39 Å². The molecule has 0 radical (unpaired) electrons. The van der Waals surface area contributed by atoms with Gasteiger partial charge >= 0.3 is 0 Å². The van der Waals surface area contributed by atoms with Crippen LogP contribution in [0.5, 0.6) is 5.75 Å². The van der Waals surface area contributed by atoms with Crippen molar-refractivity contribution in [1.29, 1.82) is 0 Å². The Balaban J connectivity index is 1.75. The van der Waals surface area contributed by atoms with Gasteiger partial charge in [0, 0.05) is 12.6 Å². The van der Waals surface area contributed by atoms with Gasteiger partial charge in [0.25, 0.3) is 0 Å². The molecule has 0 heterocycles. The smallest absolute Gasteiger partial charge is 0.123 e. The summed E-state index contributed by atoms with van der Waals surface area (Å²) >= 11 is 0. The first-order valence-electron chi connectivity index (χ1n) is 7.28. The maximum Gasteiger partial charge on any atom is 0.123 e. The van der Waals surface area contributed by atoms with E-state index in [0.29, 0.717) is 12.6 Å². The van der Waals surface area contributed by atoms with Gasteiger partial charge in [0.15, 0.2) is 0 Å². The number of rotatable bonds is 7. The van der Waals surface area contributed by atoms with Gasteiger partial charge < -0.3 is 10.1 Å². The predicted octanol–water partition coefficient (Wildman–Crippen LogP) is 3.95. The van der Waals surface area contributed by atoms with Crippen LogP contribution in [0.2, 0.25) is 0 Å². The fourth-order valence-electron chi connectivity index (χ4n) is 2.22. The summed E-state index contributed by atoms with van der Waals surface area (Å²) in [4.78, 5) is 0. The van der Waals surface area contributed by atoms with Gasteiger partial charge in [-0.2, -0.15) is 0 Å². The summed E-state index contributed by atoms with van der Waals surface area (Å²) in [5, 5.41) is 3.43. The number of nitrogens with one attached hydrogen (secondary N) is 1. The number of hydrogen-bond acceptors (Lipinski definition) is 2. The highest BCUT2D eigenvalue weighted by molar-refractivity contribution is 5.27. The van der Waals surface area contributed by atoms with Gasteiger partial charge in [-0.1, -0.05) is 24.3 Å². The topological polar surface area (TPSA) is 21.3 Å². The first kappa shape index (κ1) is 15.5. The molecule has 0 aliphatic rings. The fraction of sp³-hybridized carbons (Fsp3) is 0.333. The Morgan fingerprint density at radius 1 is 1.10 bits per heavy atom. The second-order valence-electron chi connectivity index (χ2n) is 5.30. The van der Waals surface area contributed by atoms with Gasteiger partial charge in [0.2, 0.25) is 0 Å². The van der Waals surface area contributed by atoms with Crippen LogP contribution in [0.4, 0.5) is 4.39 Å². The Labute approximate surface area is 126 Å². The third-order valence-electron chi connectivity index (χ3n) is 3.57. The van der Waals surface area contributed by atoms with Crippen LogP contribution in [-0.2, 0) is 13.0 Å². The molecule has 0 saturated carbocycles. The zero-order valence-electron chi connectivity index (χ0n) is 12.6. The summed E-state index contributed by atoms with van der Waals surface area (Å²) in [6, 6.07) is 15.3. The van der Waals surface area contributed by atoms with E-state index in [1.54, 1.807) is 19.2 Å². The quantitative estimate of drug-likeness (QED) is 0.832. The summed E-state index contributed by atoms with van der Waals surface area (Å²) in [5.74, 6) is 0.705. The number of ether oxygens (including phenoxy) is 1. The summed E-state index contributed by atoms with van der Waals surface area (Å²) in [6.07, 6.45) is 2.06. The van der Waals surface area contributed by atoms with Gasteiger partial charge in [0.1, 0.15) is 11.6 Å². The molecule has 1 N–H and O–H groups in total. The van der Waals surface area contributed by atoms with Crippen LogP contribution in [0.15, 0.2) is 48.5 Å². The third kappa shape index (κ3) is 5.20. The van der Waals surface area contributed by atoms with Gasteiger partial charge in [-0.3, -0.25) is 0 Å². The van der Waals surface area contributed by atoms with E-state index in [1.807, 2.05) is 18.2 Å². The van der Waals surface area contributed by atoms with Crippen LogP contribution in [0, 0.1) is 5.82 Å². The molecule has 0 fully saturated rings. The number of hydrogen-bond donors (Lipinski definition) is 1. The fourth-order valence-corrected chi connectivity index (χ4v) is 2.22. The van der Waals surface area contributed by atoms with E-state index >= 15 is 0 Å². The molecule has 2 nitrogen and oxygen atoms in total. The second-order valence-corrected chi connectivity index (χ2v) is 5.30. The van der Waals surface area contributed by atoms with Crippen molar-refractivity contribution in [2.45, 2.75) is 32.4 Å². The van der Waals surface area contributed by atoms with Crippen molar-refractivity contribution < 1.29 is 9.13 Å². The number of halogens is 1. The first-order valence-corrected chi connectivity index (χ1v) is 7.28. The number of methoxy groups -OCH3 is 1. The van der Waals surface area contributed by atoms with Crippen molar-refractivity contribution >= 4 is 0 Å². The summed E-state index contributed by atoms with van der Waals surface area (Å²) in [5.41, 5.74) is 2.28. The molecular formula is C18H22FNO. The standard InChI is InChI=1S/C18H22FNO/c1-14(20-13-16-4-3-5-17(19)12-16)6-7-15-8-10-18(21-2)11-9-15/h3-5,8-12,14,20H,6-7,13H2,1-2H3/t14-/m0/s1. The van der Waals surface area contributed by atoms with Crippen LogP contribution in [0.1, 0.15) is 24.5 Å². The van der Waals surface area contributed by atoms with Crippen LogP contribution < -0.4 is 10.1 Å². The average molecular weight is 287 g/mol. The van der Waals surface area contributed by atoms with Gasteiger partial charge in [-0.15, -0.1) is 0 Å². The van der Waals surface area contributed by atoms with Gasteiger partial charge in [0.05, 0.1) is 7.11 Å². The Bertz CT molecular complexity index is 553. The van der Waals surface area contributed by atoms with E-state index in [1.165, 1.54) is 11.6 Å². The zero-order chi connectivity index (χ0) is 15.1. The summed E-state index contributed by atoms with van der Waals surface area (Å²) < 4.78 is 18.2. The number of aryl methyl sites for hydroxylation is 1. The molecule has 0 saturated heterocycles. The number of benzene rings is 2. The van der Waals surface area contributed by atoms with Crippen LogP contribution in [0.25, 0.3) is 0 Å². The lowest BCUT2D eigenvalue weighted by molar-refractivity contribution is 0.414. The second kappa shape index (κ2) is 7.79. The molecule has 2 aromatic carbocycles. The lowest BCUT2D eigenvalue weighted by atomic mass is 10.1. The minimum absolute atomic E-state index is 0.180. The van der Waals surface area contributed by atoms with E-state index in [4.69, 9.17) is 4.74 Å². The Kier molecular flexibility index (Phi) is 5.76. The molecule has 0 aliphatic heterocycles. The molecule has 112 valence electrons. The molecule has 0 unspecified atom stereocenters. The molecule has 2 aromatic rings. The lowest BCUT2D eigenvalue weighted by Crippen LogP contribution is -2.26. The lowest BCUT2D eigenvalue weighted by Gasteiger charge is -2.14. The third-order valence-corrected chi connectivity index (χ3v) is 3.57. The highest BCUT2D eigenvalue weighted by atomic mass is 19.1. The highest BCUT2D eigenvalue weighted by Gasteiger charge is 2.03. The van der Waals surface area contributed by atoms with E-state index < -0.39 is 0 Å². The molecule has 0 spiro atoms. The maximum atomic E-state index is 13.1. The van der Waals surface area contributed by atoms with Crippen molar-refractivity contribution in [2.75, 3.05) is 7.11 Å². The van der Waals surface area contributed by atoms with Gasteiger partial charge in [-0.05, 0) is 55.2 Å². The summed E-state index contributed by atoms with van der Waals surface area (Å²) in [7, 11) is 1.67. The average Bonchev–Trinajstić information content (AvgIpc) is 2.51. The van der Waals surface area contributed by atoms with Crippen molar-refractivity contribution in [2.24, 2.45) is 0 Å². The van der Waals surface area contributed by atoms with Crippen molar-refractivity contribution in [1.82, 2.24) is 5.32 Å². The molecule has 1 atom stereocenters. The molecule has 2 rings (SSSR count). The molecular weight excluding hydrogens is 265 g/mol. The largest absolute Gasteiger partial charge is 0.497 e.